The predicted molar refractivity (Wildman–Crippen MR) is 65.4 cm³/mol. The Balaban J connectivity index is 2.78. The smallest absolute Gasteiger partial charge is 0.326 e. The van der Waals surface area contributed by atoms with Crippen molar-refractivity contribution in [3.63, 3.8) is 0 Å². The number of H-pyrrole nitrogens is 1. The molecular weight excluding hydrogens is 236 g/mol. The van der Waals surface area contributed by atoms with Gasteiger partial charge in [0, 0.05) is 6.07 Å². The zero-order valence-corrected chi connectivity index (χ0v) is 10.3. The van der Waals surface area contributed by atoms with Crippen molar-refractivity contribution in [1.29, 1.82) is 0 Å². The second-order valence-corrected chi connectivity index (χ2v) is 4.42. The summed E-state index contributed by atoms with van der Waals surface area (Å²) in [6, 6.07) is 3.18. The fraction of sp³-hybridized carbons (Fsp3) is 0.417. The van der Waals surface area contributed by atoms with Crippen molar-refractivity contribution >= 4 is 11.9 Å². The number of amides is 1. The predicted octanol–water partition coefficient (Wildman–Crippen LogP) is 0.604. The van der Waals surface area contributed by atoms with Gasteiger partial charge in [0.1, 0.15) is 11.7 Å². The first-order chi connectivity index (χ1) is 8.40. The monoisotopic (exact) mass is 252 g/mol. The number of hydrogen-bond acceptors (Lipinski definition) is 3. The van der Waals surface area contributed by atoms with Crippen molar-refractivity contribution in [1.82, 2.24) is 10.3 Å². The molecule has 0 radical (unpaired) electrons. The van der Waals surface area contributed by atoms with Gasteiger partial charge in [0.15, 0.2) is 0 Å². The van der Waals surface area contributed by atoms with E-state index < -0.39 is 23.5 Å². The van der Waals surface area contributed by atoms with E-state index in [2.05, 4.69) is 10.3 Å². The number of aromatic nitrogens is 1. The summed E-state index contributed by atoms with van der Waals surface area (Å²) in [5, 5.41) is 11.4. The van der Waals surface area contributed by atoms with Gasteiger partial charge in [-0.15, -0.1) is 0 Å². The van der Waals surface area contributed by atoms with Crippen LogP contribution in [0.2, 0.25) is 0 Å². The van der Waals surface area contributed by atoms with Gasteiger partial charge in [-0.25, -0.2) is 4.79 Å². The van der Waals surface area contributed by atoms with Crippen LogP contribution in [0.4, 0.5) is 0 Å². The van der Waals surface area contributed by atoms with Crippen LogP contribution in [0.1, 0.15) is 30.8 Å². The van der Waals surface area contributed by atoms with Crippen LogP contribution in [0.15, 0.2) is 23.0 Å². The second-order valence-electron chi connectivity index (χ2n) is 4.42. The molecule has 1 amide bonds. The molecule has 0 aromatic carbocycles. The summed E-state index contributed by atoms with van der Waals surface area (Å²) in [6.45, 7) is 3.74. The van der Waals surface area contributed by atoms with Crippen LogP contribution in [0.25, 0.3) is 0 Å². The van der Waals surface area contributed by atoms with E-state index in [4.69, 9.17) is 5.11 Å². The molecule has 18 heavy (non-hydrogen) atoms. The van der Waals surface area contributed by atoms with E-state index in [0.29, 0.717) is 6.42 Å². The van der Waals surface area contributed by atoms with Gasteiger partial charge >= 0.3 is 5.97 Å². The van der Waals surface area contributed by atoms with Crippen molar-refractivity contribution in [2.75, 3.05) is 0 Å². The first-order valence-electron chi connectivity index (χ1n) is 5.63. The molecule has 1 aromatic heterocycles. The van der Waals surface area contributed by atoms with Crippen molar-refractivity contribution in [2.45, 2.75) is 26.3 Å². The van der Waals surface area contributed by atoms with Crippen LogP contribution in [0.5, 0.6) is 0 Å². The lowest BCUT2D eigenvalue weighted by atomic mass is 10.0. The van der Waals surface area contributed by atoms with E-state index in [1.54, 1.807) is 0 Å². The summed E-state index contributed by atoms with van der Waals surface area (Å²) in [6.07, 6.45) is 0.331. The highest BCUT2D eigenvalue weighted by molar-refractivity contribution is 5.94. The molecule has 0 aliphatic carbocycles. The van der Waals surface area contributed by atoms with Crippen LogP contribution in [0, 0.1) is 5.92 Å². The third kappa shape index (κ3) is 4.04. The summed E-state index contributed by atoms with van der Waals surface area (Å²) in [7, 11) is 0. The Labute approximate surface area is 104 Å². The molecule has 1 heterocycles. The molecule has 0 spiro atoms. The molecular formula is C12H16N2O4. The molecule has 98 valence electrons. The van der Waals surface area contributed by atoms with Crippen molar-refractivity contribution in [3.8, 4) is 0 Å². The first kappa shape index (κ1) is 14.0. The van der Waals surface area contributed by atoms with E-state index in [0.717, 1.165) is 0 Å². The molecule has 0 saturated carbocycles. The maximum absolute atomic E-state index is 11.7. The topological polar surface area (TPSA) is 99.3 Å². The number of aliphatic carboxylic acids is 1. The molecule has 6 nitrogen and oxygen atoms in total. The van der Waals surface area contributed by atoms with Crippen LogP contribution < -0.4 is 10.9 Å². The largest absolute Gasteiger partial charge is 0.480 e. The summed E-state index contributed by atoms with van der Waals surface area (Å²) in [4.78, 5) is 36.1. The summed E-state index contributed by atoms with van der Waals surface area (Å²) in [5.41, 5.74) is -0.351. The van der Waals surface area contributed by atoms with Gasteiger partial charge in [-0.05, 0) is 18.4 Å². The van der Waals surface area contributed by atoms with Gasteiger partial charge in [-0.3, -0.25) is 9.59 Å². The average molecular weight is 252 g/mol. The van der Waals surface area contributed by atoms with E-state index >= 15 is 0 Å². The number of carboxylic acids is 1. The Morgan fingerprint density at radius 3 is 2.56 bits per heavy atom. The molecule has 1 rings (SSSR count). The lowest BCUT2D eigenvalue weighted by molar-refractivity contribution is -0.139. The van der Waals surface area contributed by atoms with Gasteiger partial charge < -0.3 is 15.4 Å². The minimum Gasteiger partial charge on any atom is -0.480 e. The highest BCUT2D eigenvalue weighted by Gasteiger charge is 2.21. The van der Waals surface area contributed by atoms with Crippen LogP contribution in [-0.4, -0.2) is 28.0 Å². The summed E-state index contributed by atoms with van der Waals surface area (Å²) in [5.74, 6) is -1.54. The van der Waals surface area contributed by atoms with E-state index in [1.807, 2.05) is 13.8 Å². The molecule has 0 aliphatic rings. The molecule has 1 aromatic rings. The quantitative estimate of drug-likeness (QED) is 0.714. The lowest BCUT2D eigenvalue weighted by Gasteiger charge is -2.16. The Morgan fingerprint density at radius 1 is 1.39 bits per heavy atom. The highest BCUT2D eigenvalue weighted by atomic mass is 16.4. The molecule has 0 bridgehead atoms. The van der Waals surface area contributed by atoms with Gasteiger partial charge in [0.25, 0.3) is 5.91 Å². The standard InChI is InChI=1S/C12H16N2O4/c1-7(2)6-9(12(17)18)14-11(16)8-4-3-5-10(15)13-8/h3-5,7,9H,6H2,1-2H3,(H,13,15)(H,14,16)(H,17,18). The summed E-state index contributed by atoms with van der Waals surface area (Å²) < 4.78 is 0. The van der Waals surface area contributed by atoms with Gasteiger partial charge in [-0.2, -0.15) is 0 Å². The van der Waals surface area contributed by atoms with Crippen LogP contribution >= 0.6 is 0 Å². The third-order valence-corrected chi connectivity index (χ3v) is 2.32. The lowest BCUT2D eigenvalue weighted by Crippen LogP contribution is -2.42. The van der Waals surface area contributed by atoms with Crippen molar-refractivity contribution in [2.24, 2.45) is 5.92 Å². The van der Waals surface area contributed by atoms with Gasteiger partial charge in [-0.1, -0.05) is 19.9 Å². The second kappa shape index (κ2) is 6.00. The normalized spacial score (nSPS) is 12.2. The third-order valence-electron chi connectivity index (χ3n) is 2.32. The maximum atomic E-state index is 11.7. The number of hydrogen-bond donors (Lipinski definition) is 3. The number of pyridine rings is 1. The minimum atomic E-state index is -1.09. The molecule has 0 aliphatic heterocycles. The molecule has 1 unspecified atom stereocenters. The SMILES string of the molecule is CC(C)CC(NC(=O)c1cccc(=O)[nH]1)C(=O)O. The zero-order valence-electron chi connectivity index (χ0n) is 10.3. The highest BCUT2D eigenvalue weighted by Crippen LogP contribution is 2.05. The van der Waals surface area contributed by atoms with Crippen molar-refractivity contribution in [3.05, 3.63) is 34.2 Å². The minimum absolute atomic E-state index is 0.0532. The average Bonchev–Trinajstić information content (AvgIpc) is 2.27. The van der Waals surface area contributed by atoms with E-state index in [1.165, 1.54) is 18.2 Å². The van der Waals surface area contributed by atoms with E-state index in [-0.39, 0.29) is 11.6 Å². The van der Waals surface area contributed by atoms with Gasteiger partial charge in [0.05, 0.1) is 0 Å². The van der Waals surface area contributed by atoms with Crippen LogP contribution in [-0.2, 0) is 4.79 Å². The molecule has 6 heteroatoms. The van der Waals surface area contributed by atoms with Crippen LogP contribution in [0.3, 0.4) is 0 Å². The first-order valence-corrected chi connectivity index (χ1v) is 5.63. The molecule has 1 atom stereocenters. The summed E-state index contributed by atoms with van der Waals surface area (Å²) >= 11 is 0. The number of carboxylic acid groups (broad SMARTS) is 1. The molecule has 3 N–H and O–H groups in total. The maximum Gasteiger partial charge on any atom is 0.326 e. The molecule has 0 fully saturated rings. The van der Waals surface area contributed by atoms with Gasteiger partial charge in [0.2, 0.25) is 5.56 Å². The number of rotatable bonds is 5. The Bertz CT molecular complexity index is 493. The Morgan fingerprint density at radius 2 is 2.06 bits per heavy atom. The number of nitrogens with one attached hydrogen (secondary N) is 2. The Hall–Kier alpha value is -2.11. The molecule has 0 saturated heterocycles. The van der Waals surface area contributed by atoms with Crippen molar-refractivity contribution < 1.29 is 14.7 Å². The number of carbonyl (C=O) groups excluding carboxylic acids is 1. The fourth-order valence-electron chi connectivity index (χ4n) is 1.51. The fourth-order valence-corrected chi connectivity index (χ4v) is 1.51. The zero-order chi connectivity index (χ0) is 13.7. The Kier molecular flexibility index (Phi) is 4.65. The van der Waals surface area contributed by atoms with E-state index in [9.17, 15) is 14.4 Å². The number of aromatic amines is 1. The number of carbonyl (C=O) groups is 2.